The van der Waals surface area contributed by atoms with Crippen LogP contribution in [0.5, 0.6) is 0 Å². The molecule has 1 aromatic heterocycles. The van der Waals surface area contributed by atoms with Gasteiger partial charge in [-0.2, -0.15) is 0 Å². The van der Waals surface area contributed by atoms with Crippen molar-refractivity contribution in [2.75, 3.05) is 33.2 Å². The number of hydrogen-bond acceptors (Lipinski definition) is 4. The molecule has 0 unspecified atom stereocenters. The van der Waals surface area contributed by atoms with Crippen molar-refractivity contribution >= 4 is 11.3 Å². The van der Waals surface area contributed by atoms with Crippen molar-refractivity contribution in [3.63, 3.8) is 0 Å². The smallest absolute Gasteiger partial charge is 0.0798 e. The zero-order valence-corrected chi connectivity index (χ0v) is 11.3. The van der Waals surface area contributed by atoms with E-state index in [1.54, 1.807) is 0 Å². The van der Waals surface area contributed by atoms with E-state index in [4.69, 9.17) is 0 Å². The van der Waals surface area contributed by atoms with Gasteiger partial charge in [-0.05, 0) is 50.8 Å². The number of nitrogens with one attached hydrogen (secondary N) is 1. The van der Waals surface area contributed by atoms with Crippen LogP contribution in [0.4, 0.5) is 0 Å². The average Bonchev–Trinajstić information content (AvgIpc) is 2.79. The van der Waals surface area contributed by atoms with E-state index in [0.717, 1.165) is 45.4 Å². The Balaban J connectivity index is 1.74. The summed E-state index contributed by atoms with van der Waals surface area (Å²) in [6.45, 7) is 3.70. The van der Waals surface area contributed by atoms with Crippen molar-refractivity contribution in [1.29, 1.82) is 0 Å². The molecule has 0 atom stereocenters. The van der Waals surface area contributed by atoms with E-state index in [1.807, 2.05) is 11.3 Å². The van der Waals surface area contributed by atoms with Gasteiger partial charge in [0, 0.05) is 18.0 Å². The summed E-state index contributed by atoms with van der Waals surface area (Å²) in [6, 6.07) is 4.28. The highest BCUT2D eigenvalue weighted by Gasteiger charge is 2.30. The molecule has 0 spiro atoms. The lowest BCUT2D eigenvalue weighted by Gasteiger charge is -2.35. The van der Waals surface area contributed by atoms with Gasteiger partial charge < -0.3 is 15.3 Å². The lowest BCUT2D eigenvalue weighted by molar-refractivity contribution is -0.0150. The maximum Gasteiger partial charge on any atom is 0.0798 e. The fourth-order valence-electron chi connectivity index (χ4n) is 2.39. The van der Waals surface area contributed by atoms with Crippen LogP contribution < -0.4 is 5.32 Å². The van der Waals surface area contributed by atoms with Crippen LogP contribution in [0.25, 0.3) is 0 Å². The molecule has 4 heteroatoms. The van der Waals surface area contributed by atoms with Crippen molar-refractivity contribution in [1.82, 2.24) is 10.2 Å². The lowest BCUT2D eigenvalue weighted by atomic mass is 9.92. The highest BCUT2D eigenvalue weighted by molar-refractivity contribution is 7.09. The lowest BCUT2D eigenvalue weighted by Crippen LogP contribution is -2.49. The zero-order chi connectivity index (χ0) is 12.1. The molecule has 0 radical (unpaired) electrons. The Bertz CT molecular complexity index is 320. The van der Waals surface area contributed by atoms with Crippen molar-refractivity contribution in [2.45, 2.75) is 24.9 Å². The molecular formula is C13H22N2OS. The Hall–Kier alpha value is -0.420. The highest BCUT2D eigenvalue weighted by Crippen LogP contribution is 2.19. The summed E-state index contributed by atoms with van der Waals surface area (Å²) < 4.78 is 0. The summed E-state index contributed by atoms with van der Waals surface area (Å²) in [5, 5.41) is 15.8. The molecule has 2 rings (SSSR count). The first kappa shape index (κ1) is 13.0. The first-order chi connectivity index (χ1) is 8.18. The molecule has 0 amide bonds. The summed E-state index contributed by atoms with van der Waals surface area (Å²) in [5.74, 6) is 0. The number of hydrogen-bond donors (Lipinski definition) is 2. The zero-order valence-electron chi connectivity index (χ0n) is 10.5. The molecule has 1 aromatic rings. The van der Waals surface area contributed by atoms with E-state index in [9.17, 15) is 5.11 Å². The topological polar surface area (TPSA) is 35.5 Å². The summed E-state index contributed by atoms with van der Waals surface area (Å²) in [6.07, 6.45) is 2.83. The van der Waals surface area contributed by atoms with E-state index >= 15 is 0 Å². The number of thiophene rings is 1. The molecule has 1 aliphatic rings. The van der Waals surface area contributed by atoms with Gasteiger partial charge in [0.25, 0.3) is 0 Å². The normalized spacial score (nSPS) is 19.7. The molecule has 0 aliphatic carbocycles. The molecule has 0 saturated carbocycles. The monoisotopic (exact) mass is 254 g/mol. The summed E-state index contributed by atoms with van der Waals surface area (Å²) in [4.78, 5) is 3.68. The molecule has 2 heterocycles. The largest absolute Gasteiger partial charge is 0.388 e. The second kappa shape index (κ2) is 5.96. The molecule has 17 heavy (non-hydrogen) atoms. The van der Waals surface area contributed by atoms with Crippen molar-refractivity contribution in [3.05, 3.63) is 22.4 Å². The number of likely N-dealkylation sites (N-methyl/N-ethyl adjacent to an activating group) is 1. The van der Waals surface area contributed by atoms with Crippen LogP contribution in [0, 0.1) is 0 Å². The van der Waals surface area contributed by atoms with Gasteiger partial charge in [0.05, 0.1) is 5.60 Å². The van der Waals surface area contributed by atoms with E-state index in [0.29, 0.717) is 0 Å². The second-order valence-electron chi connectivity index (χ2n) is 5.04. The third-order valence-corrected chi connectivity index (χ3v) is 4.35. The van der Waals surface area contributed by atoms with Gasteiger partial charge in [-0.25, -0.2) is 0 Å². The van der Waals surface area contributed by atoms with Gasteiger partial charge in [-0.1, -0.05) is 6.07 Å². The van der Waals surface area contributed by atoms with Crippen LogP contribution in [0.1, 0.15) is 17.7 Å². The Labute approximate surface area is 107 Å². The minimum atomic E-state index is -0.477. The van der Waals surface area contributed by atoms with Crippen molar-refractivity contribution in [2.24, 2.45) is 0 Å². The van der Waals surface area contributed by atoms with Crippen LogP contribution in [0.2, 0.25) is 0 Å². The van der Waals surface area contributed by atoms with Gasteiger partial charge in [-0.15, -0.1) is 11.3 Å². The molecule has 2 N–H and O–H groups in total. The SMILES string of the molecule is CN(CCc1cccs1)CC1(O)CCNCC1. The Morgan fingerprint density at radius 1 is 1.47 bits per heavy atom. The third-order valence-electron chi connectivity index (χ3n) is 3.42. The summed E-state index contributed by atoms with van der Waals surface area (Å²) >= 11 is 1.81. The van der Waals surface area contributed by atoms with E-state index in [2.05, 4.69) is 34.8 Å². The van der Waals surface area contributed by atoms with E-state index in [-0.39, 0.29) is 0 Å². The molecule has 96 valence electrons. The first-order valence-corrected chi connectivity index (χ1v) is 7.20. The standard InChI is InChI=1S/C13H22N2OS/c1-15(9-4-12-3-2-10-17-12)11-13(16)5-7-14-8-6-13/h2-3,10,14,16H,4-9,11H2,1H3. The fraction of sp³-hybridized carbons (Fsp3) is 0.692. The van der Waals surface area contributed by atoms with Gasteiger partial charge in [0.2, 0.25) is 0 Å². The molecule has 0 bridgehead atoms. The summed E-state index contributed by atoms with van der Waals surface area (Å²) in [7, 11) is 2.10. The first-order valence-electron chi connectivity index (χ1n) is 6.32. The molecule has 0 aromatic carbocycles. The molecule has 1 saturated heterocycles. The molecule has 1 aliphatic heterocycles. The quantitative estimate of drug-likeness (QED) is 0.832. The van der Waals surface area contributed by atoms with Gasteiger partial charge in [-0.3, -0.25) is 0 Å². The van der Waals surface area contributed by atoms with Crippen LogP contribution in [0.15, 0.2) is 17.5 Å². The van der Waals surface area contributed by atoms with E-state index in [1.165, 1.54) is 4.88 Å². The number of nitrogens with zero attached hydrogens (tertiary/aromatic N) is 1. The molecular weight excluding hydrogens is 232 g/mol. The number of aliphatic hydroxyl groups is 1. The predicted molar refractivity (Wildman–Crippen MR) is 72.6 cm³/mol. The Kier molecular flexibility index (Phi) is 4.56. The van der Waals surface area contributed by atoms with Gasteiger partial charge in [0.1, 0.15) is 0 Å². The minimum Gasteiger partial charge on any atom is -0.388 e. The summed E-state index contributed by atoms with van der Waals surface area (Å²) in [5.41, 5.74) is -0.477. The number of rotatable bonds is 5. The Morgan fingerprint density at radius 2 is 2.24 bits per heavy atom. The van der Waals surface area contributed by atoms with Crippen LogP contribution in [-0.2, 0) is 6.42 Å². The number of piperidine rings is 1. The van der Waals surface area contributed by atoms with Crippen LogP contribution >= 0.6 is 11.3 Å². The maximum absolute atomic E-state index is 10.4. The predicted octanol–water partition coefficient (Wildman–Crippen LogP) is 1.34. The Morgan fingerprint density at radius 3 is 2.88 bits per heavy atom. The average molecular weight is 254 g/mol. The minimum absolute atomic E-state index is 0.477. The molecule has 1 fully saturated rings. The van der Waals surface area contributed by atoms with Crippen LogP contribution in [0.3, 0.4) is 0 Å². The second-order valence-corrected chi connectivity index (χ2v) is 6.07. The van der Waals surface area contributed by atoms with E-state index < -0.39 is 5.60 Å². The van der Waals surface area contributed by atoms with Crippen LogP contribution in [-0.4, -0.2) is 48.8 Å². The molecule has 3 nitrogen and oxygen atoms in total. The van der Waals surface area contributed by atoms with Crippen molar-refractivity contribution in [3.8, 4) is 0 Å². The van der Waals surface area contributed by atoms with Crippen molar-refractivity contribution < 1.29 is 5.11 Å². The van der Waals surface area contributed by atoms with Gasteiger partial charge >= 0.3 is 0 Å². The van der Waals surface area contributed by atoms with Gasteiger partial charge in [0.15, 0.2) is 0 Å². The maximum atomic E-state index is 10.4. The highest BCUT2D eigenvalue weighted by atomic mass is 32.1. The third kappa shape index (κ3) is 4.07. The fourth-order valence-corrected chi connectivity index (χ4v) is 3.09.